The maximum Gasteiger partial charge on any atom is 0.431 e. The minimum Gasteiger partial charge on any atom is -0.463 e. The molecule has 1 aromatic rings. The van der Waals surface area contributed by atoms with Crippen LogP contribution in [0.2, 0.25) is 0 Å². The molecule has 0 spiro atoms. The van der Waals surface area contributed by atoms with Gasteiger partial charge in [0.05, 0.1) is 0 Å². The molecule has 0 radical (unpaired) electrons. The smallest absolute Gasteiger partial charge is 0.431 e. The Hall–Kier alpha value is -1.30. The van der Waals surface area contributed by atoms with Crippen LogP contribution in [-0.4, -0.2) is 23.3 Å². The van der Waals surface area contributed by atoms with E-state index < -0.39 is 18.2 Å². The number of carboxylic acid groups (broad SMARTS) is 1. The van der Waals surface area contributed by atoms with Crippen LogP contribution >= 0.6 is 15.9 Å². The number of alkyl halides is 2. The maximum absolute atomic E-state index is 12.5. The number of halogens is 3. The molecule has 0 saturated carbocycles. The Morgan fingerprint density at radius 2 is 2.13 bits per heavy atom. The number of benzene rings is 1. The van der Waals surface area contributed by atoms with Gasteiger partial charge in [-0.1, -0.05) is 28.1 Å². The van der Waals surface area contributed by atoms with Gasteiger partial charge in [0.15, 0.2) is 0 Å². The van der Waals surface area contributed by atoms with Gasteiger partial charge in [-0.15, -0.1) is 0 Å². The molecule has 1 rings (SSSR count). The van der Waals surface area contributed by atoms with E-state index in [-0.39, 0.29) is 5.56 Å². The van der Waals surface area contributed by atoms with Crippen molar-refractivity contribution in [2.75, 3.05) is 0 Å². The summed E-state index contributed by atoms with van der Waals surface area (Å²) in [4.78, 5) is 13.1. The molecule has 0 aliphatic heterocycles. The fourth-order valence-electron chi connectivity index (χ4n) is 0.990. The molecular formula is C9H6BrF2NO2. The van der Waals surface area contributed by atoms with Gasteiger partial charge in [-0.25, -0.2) is 13.6 Å². The summed E-state index contributed by atoms with van der Waals surface area (Å²) in [5.41, 5.74) is -0.662. The van der Waals surface area contributed by atoms with Crippen LogP contribution in [0.15, 0.2) is 33.7 Å². The molecule has 0 heterocycles. The third-order valence-electron chi connectivity index (χ3n) is 1.54. The molecule has 0 atom stereocenters. The summed E-state index contributed by atoms with van der Waals surface area (Å²) in [6.45, 7) is 0. The summed E-state index contributed by atoms with van der Waals surface area (Å²) in [5.74, 6) is 0. The van der Waals surface area contributed by atoms with Gasteiger partial charge < -0.3 is 5.11 Å². The Balaban J connectivity index is 3.16. The number of nitrogens with zero attached hydrogens (tertiary/aromatic N) is 1. The first-order valence-electron chi connectivity index (χ1n) is 3.86. The zero-order valence-corrected chi connectivity index (χ0v) is 8.91. The third kappa shape index (κ3) is 3.39. The van der Waals surface area contributed by atoms with Gasteiger partial charge in [-0.2, -0.15) is 4.99 Å². The van der Waals surface area contributed by atoms with Crippen molar-refractivity contribution in [1.29, 1.82) is 0 Å². The van der Waals surface area contributed by atoms with Gasteiger partial charge in [0, 0.05) is 10.0 Å². The Morgan fingerprint density at radius 3 is 2.60 bits per heavy atom. The quantitative estimate of drug-likeness (QED) is 0.844. The van der Waals surface area contributed by atoms with Crippen LogP contribution in [-0.2, 0) is 0 Å². The lowest BCUT2D eigenvalue weighted by molar-refractivity contribution is 0.202. The highest BCUT2D eigenvalue weighted by Crippen LogP contribution is 2.15. The van der Waals surface area contributed by atoms with E-state index in [1.807, 2.05) is 0 Å². The lowest BCUT2D eigenvalue weighted by Gasteiger charge is -2.04. The van der Waals surface area contributed by atoms with Gasteiger partial charge in [0.2, 0.25) is 0 Å². The van der Waals surface area contributed by atoms with Crippen molar-refractivity contribution < 1.29 is 18.7 Å². The van der Waals surface area contributed by atoms with Crippen molar-refractivity contribution in [3.05, 3.63) is 34.3 Å². The molecule has 3 nitrogen and oxygen atoms in total. The average molecular weight is 278 g/mol. The van der Waals surface area contributed by atoms with Crippen molar-refractivity contribution in [2.45, 2.75) is 6.43 Å². The van der Waals surface area contributed by atoms with E-state index in [0.717, 1.165) is 0 Å². The second-order valence-corrected chi connectivity index (χ2v) is 3.51. The highest BCUT2D eigenvalue weighted by atomic mass is 79.9. The second kappa shape index (κ2) is 4.97. The molecule has 0 saturated heterocycles. The van der Waals surface area contributed by atoms with Gasteiger partial charge in [-0.05, 0) is 12.1 Å². The number of hydrogen-bond donors (Lipinski definition) is 1. The zero-order valence-electron chi connectivity index (χ0n) is 7.32. The van der Waals surface area contributed by atoms with Crippen LogP contribution < -0.4 is 0 Å². The van der Waals surface area contributed by atoms with Crippen LogP contribution in [0, 0.1) is 0 Å². The lowest BCUT2D eigenvalue weighted by Crippen LogP contribution is -2.14. The normalized spacial score (nSPS) is 11.9. The summed E-state index contributed by atoms with van der Waals surface area (Å²) in [5, 5.41) is 8.33. The molecule has 0 aromatic heterocycles. The highest BCUT2D eigenvalue weighted by molar-refractivity contribution is 9.10. The van der Waals surface area contributed by atoms with Crippen LogP contribution in [0.5, 0.6) is 0 Å². The number of hydrogen-bond acceptors (Lipinski definition) is 1. The van der Waals surface area contributed by atoms with E-state index in [2.05, 4.69) is 20.9 Å². The fourth-order valence-corrected chi connectivity index (χ4v) is 1.39. The van der Waals surface area contributed by atoms with E-state index in [1.54, 1.807) is 6.07 Å². The van der Waals surface area contributed by atoms with Crippen LogP contribution in [0.3, 0.4) is 0 Å². The van der Waals surface area contributed by atoms with E-state index in [4.69, 9.17) is 5.11 Å². The molecule has 1 aromatic carbocycles. The number of aliphatic imine (C=N–C) groups is 1. The SMILES string of the molecule is O=C(O)N=C(c1cccc(Br)c1)C(F)F. The molecule has 0 fully saturated rings. The van der Waals surface area contributed by atoms with Gasteiger partial charge in [0.25, 0.3) is 6.43 Å². The molecule has 0 unspecified atom stereocenters. The zero-order chi connectivity index (χ0) is 11.4. The van der Waals surface area contributed by atoms with Crippen molar-refractivity contribution >= 4 is 27.7 Å². The van der Waals surface area contributed by atoms with Gasteiger partial charge in [-0.3, -0.25) is 0 Å². The molecule has 0 aliphatic rings. The minimum atomic E-state index is -2.92. The molecule has 1 amide bonds. The van der Waals surface area contributed by atoms with E-state index >= 15 is 0 Å². The first kappa shape index (κ1) is 11.8. The first-order chi connectivity index (χ1) is 7.00. The van der Waals surface area contributed by atoms with Gasteiger partial charge >= 0.3 is 6.09 Å². The topological polar surface area (TPSA) is 49.7 Å². The third-order valence-corrected chi connectivity index (χ3v) is 2.04. The molecule has 1 N–H and O–H groups in total. The molecule has 6 heteroatoms. The highest BCUT2D eigenvalue weighted by Gasteiger charge is 2.17. The predicted octanol–water partition coefficient (Wildman–Crippen LogP) is 3.18. The summed E-state index contributed by atoms with van der Waals surface area (Å²) in [6, 6.07) is 5.93. The summed E-state index contributed by atoms with van der Waals surface area (Å²) < 4.78 is 25.5. The Labute approximate surface area is 92.6 Å². The van der Waals surface area contributed by atoms with Crippen molar-refractivity contribution in [1.82, 2.24) is 0 Å². The van der Waals surface area contributed by atoms with Crippen molar-refractivity contribution in [2.24, 2.45) is 4.99 Å². The predicted molar refractivity (Wildman–Crippen MR) is 54.7 cm³/mol. The van der Waals surface area contributed by atoms with E-state index in [1.165, 1.54) is 18.2 Å². The van der Waals surface area contributed by atoms with Crippen LogP contribution in [0.25, 0.3) is 0 Å². The average Bonchev–Trinajstić information content (AvgIpc) is 2.13. The summed E-state index contributed by atoms with van der Waals surface area (Å²) in [7, 11) is 0. The first-order valence-corrected chi connectivity index (χ1v) is 4.65. The molecular weight excluding hydrogens is 272 g/mol. The molecule has 15 heavy (non-hydrogen) atoms. The number of rotatable bonds is 2. The largest absolute Gasteiger partial charge is 0.463 e. The monoisotopic (exact) mass is 277 g/mol. The van der Waals surface area contributed by atoms with Crippen molar-refractivity contribution in [3.8, 4) is 0 Å². The molecule has 80 valence electrons. The summed E-state index contributed by atoms with van der Waals surface area (Å²) >= 11 is 3.10. The molecule has 0 aliphatic carbocycles. The van der Waals surface area contributed by atoms with Crippen LogP contribution in [0.4, 0.5) is 13.6 Å². The maximum atomic E-state index is 12.5. The van der Waals surface area contributed by atoms with E-state index in [9.17, 15) is 13.6 Å². The second-order valence-electron chi connectivity index (χ2n) is 2.59. The van der Waals surface area contributed by atoms with E-state index in [0.29, 0.717) is 4.47 Å². The Bertz CT molecular complexity index is 407. The fraction of sp³-hybridized carbons (Fsp3) is 0.111. The summed E-state index contributed by atoms with van der Waals surface area (Å²) in [6.07, 6.45) is -4.55. The molecule has 0 bridgehead atoms. The Morgan fingerprint density at radius 1 is 1.47 bits per heavy atom. The standard InChI is InChI=1S/C9H6BrF2NO2/c10-6-3-1-2-5(4-6)7(8(11)12)13-9(14)15/h1-4,8H,(H,14,15). The minimum absolute atomic E-state index is 0.0850. The van der Waals surface area contributed by atoms with Crippen molar-refractivity contribution in [3.63, 3.8) is 0 Å². The Kier molecular flexibility index (Phi) is 3.90. The number of carbonyl (C=O) groups is 1. The van der Waals surface area contributed by atoms with Gasteiger partial charge in [0.1, 0.15) is 5.71 Å². The number of amides is 1. The van der Waals surface area contributed by atoms with Crippen LogP contribution in [0.1, 0.15) is 5.56 Å². The lowest BCUT2D eigenvalue weighted by atomic mass is 10.1.